The third kappa shape index (κ3) is 3.03. The number of benzene rings is 2. The molecular formula is C20H20N2O3. The van der Waals surface area contributed by atoms with Gasteiger partial charge in [-0.3, -0.25) is 9.69 Å². The molecule has 4 rings (SSSR count). The predicted molar refractivity (Wildman–Crippen MR) is 93.7 cm³/mol. The van der Waals surface area contributed by atoms with Crippen molar-refractivity contribution in [2.45, 2.75) is 12.5 Å². The number of hydrogen-bond acceptors (Lipinski definition) is 3. The zero-order valence-electron chi connectivity index (χ0n) is 13.8. The Morgan fingerprint density at radius 3 is 2.72 bits per heavy atom. The molecule has 0 bridgehead atoms. The van der Waals surface area contributed by atoms with Crippen molar-refractivity contribution in [2.75, 3.05) is 19.6 Å². The highest BCUT2D eigenvalue weighted by molar-refractivity contribution is 5.99. The molecular weight excluding hydrogens is 316 g/mol. The molecule has 2 aliphatic rings. The average Bonchev–Trinajstić information content (AvgIpc) is 2.97. The van der Waals surface area contributed by atoms with E-state index >= 15 is 0 Å². The molecule has 2 heterocycles. The first kappa shape index (κ1) is 15.8. The third-order valence-electron chi connectivity index (χ3n) is 5.23. The fourth-order valence-electron chi connectivity index (χ4n) is 4.02. The number of hydrogen-bond donors (Lipinski definition) is 2. The number of rotatable bonds is 3. The number of aromatic carboxylic acids is 1. The molecule has 0 radical (unpaired) electrons. The van der Waals surface area contributed by atoms with Crippen molar-refractivity contribution in [3.8, 4) is 0 Å². The minimum atomic E-state index is -1.01. The Balaban J connectivity index is 1.62. The van der Waals surface area contributed by atoms with Crippen LogP contribution in [0.15, 0.2) is 48.5 Å². The van der Waals surface area contributed by atoms with E-state index in [0.29, 0.717) is 18.0 Å². The number of fused-ring (bicyclic) bond motifs is 3. The van der Waals surface area contributed by atoms with Gasteiger partial charge in [-0.05, 0) is 29.2 Å². The van der Waals surface area contributed by atoms with Crippen molar-refractivity contribution in [1.82, 2.24) is 10.2 Å². The maximum atomic E-state index is 12.4. The maximum Gasteiger partial charge on any atom is 0.335 e. The monoisotopic (exact) mass is 336 g/mol. The molecule has 2 aromatic carbocycles. The van der Waals surface area contributed by atoms with Gasteiger partial charge in [-0.25, -0.2) is 4.79 Å². The van der Waals surface area contributed by atoms with E-state index in [9.17, 15) is 14.7 Å². The molecule has 0 unspecified atom stereocenters. The maximum absolute atomic E-state index is 12.4. The molecule has 0 aromatic heterocycles. The van der Waals surface area contributed by atoms with Crippen LogP contribution in [0.25, 0.3) is 0 Å². The fourth-order valence-corrected chi connectivity index (χ4v) is 4.02. The molecule has 5 nitrogen and oxygen atoms in total. The standard InChI is InChI=1S/C20H20N2O3/c23-19-17-8-14(20(24)25)6-7-16(17)18-12-22(11-15(18)9-21-19)10-13-4-2-1-3-5-13/h1-8,15,18H,9-12H2,(H,21,23)(H,24,25)/t15-,18-/m0/s1. The van der Waals surface area contributed by atoms with E-state index in [4.69, 9.17) is 0 Å². The Morgan fingerprint density at radius 1 is 1.16 bits per heavy atom. The van der Waals surface area contributed by atoms with Crippen LogP contribution in [0.3, 0.4) is 0 Å². The van der Waals surface area contributed by atoms with E-state index in [0.717, 1.165) is 25.2 Å². The molecule has 25 heavy (non-hydrogen) atoms. The van der Waals surface area contributed by atoms with Gasteiger partial charge in [0.2, 0.25) is 0 Å². The van der Waals surface area contributed by atoms with Crippen LogP contribution in [-0.4, -0.2) is 41.5 Å². The lowest BCUT2D eigenvalue weighted by atomic mass is 9.86. The largest absolute Gasteiger partial charge is 0.478 e. The SMILES string of the molecule is O=C(O)c1ccc2c(c1)C(=O)NC[C@H]1CN(Cc3ccccc3)C[C@H]21. The van der Waals surface area contributed by atoms with Crippen LogP contribution < -0.4 is 5.32 Å². The van der Waals surface area contributed by atoms with Crippen molar-refractivity contribution < 1.29 is 14.7 Å². The summed E-state index contributed by atoms with van der Waals surface area (Å²) in [4.78, 5) is 26.0. The van der Waals surface area contributed by atoms with Crippen molar-refractivity contribution >= 4 is 11.9 Å². The predicted octanol–water partition coefficient (Wildman–Crippen LogP) is 2.34. The first-order valence-electron chi connectivity index (χ1n) is 8.53. The van der Waals surface area contributed by atoms with Crippen LogP contribution in [-0.2, 0) is 6.54 Å². The van der Waals surface area contributed by atoms with Gasteiger partial charge in [-0.1, -0.05) is 36.4 Å². The van der Waals surface area contributed by atoms with Gasteiger partial charge in [-0.2, -0.15) is 0 Å². The van der Waals surface area contributed by atoms with Crippen LogP contribution >= 0.6 is 0 Å². The van der Waals surface area contributed by atoms with Crippen LogP contribution in [0, 0.1) is 5.92 Å². The second-order valence-corrected chi connectivity index (χ2v) is 6.86. The first-order chi connectivity index (χ1) is 12.1. The van der Waals surface area contributed by atoms with Crippen molar-refractivity contribution in [1.29, 1.82) is 0 Å². The van der Waals surface area contributed by atoms with E-state index in [2.05, 4.69) is 22.3 Å². The smallest absolute Gasteiger partial charge is 0.335 e. The fraction of sp³-hybridized carbons (Fsp3) is 0.300. The van der Waals surface area contributed by atoms with Crippen LogP contribution in [0.1, 0.15) is 37.8 Å². The number of likely N-dealkylation sites (tertiary alicyclic amines) is 1. The normalized spacial score (nSPS) is 22.6. The topological polar surface area (TPSA) is 69.6 Å². The number of amides is 1. The molecule has 128 valence electrons. The molecule has 0 saturated carbocycles. The summed E-state index contributed by atoms with van der Waals surface area (Å²) in [5, 5.41) is 12.2. The summed E-state index contributed by atoms with van der Waals surface area (Å²) in [6.45, 7) is 3.34. The quantitative estimate of drug-likeness (QED) is 0.903. The second-order valence-electron chi connectivity index (χ2n) is 6.86. The zero-order valence-corrected chi connectivity index (χ0v) is 13.8. The molecule has 1 saturated heterocycles. The Labute approximate surface area is 146 Å². The van der Waals surface area contributed by atoms with E-state index < -0.39 is 5.97 Å². The summed E-state index contributed by atoms with van der Waals surface area (Å²) >= 11 is 0. The summed E-state index contributed by atoms with van der Waals surface area (Å²) in [6, 6.07) is 15.3. The molecule has 0 aliphatic carbocycles. The van der Waals surface area contributed by atoms with Crippen LogP contribution in [0.4, 0.5) is 0 Å². The minimum Gasteiger partial charge on any atom is -0.478 e. The average molecular weight is 336 g/mol. The molecule has 2 aliphatic heterocycles. The number of carboxylic acid groups (broad SMARTS) is 1. The molecule has 5 heteroatoms. The van der Waals surface area contributed by atoms with Gasteiger partial charge in [0.15, 0.2) is 0 Å². The third-order valence-corrected chi connectivity index (χ3v) is 5.23. The summed E-state index contributed by atoms with van der Waals surface area (Å²) in [6.07, 6.45) is 0. The first-order valence-corrected chi connectivity index (χ1v) is 8.53. The number of carbonyl (C=O) groups excluding carboxylic acids is 1. The second kappa shape index (κ2) is 6.33. The van der Waals surface area contributed by atoms with Gasteiger partial charge in [0, 0.05) is 37.7 Å². The summed E-state index contributed by atoms with van der Waals surface area (Å²) in [5.41, 5.74) is 2.92. The van der Waals surface area contributed by atoms with E-state index in [1.54, 1.807) is 6.07 Å². The highest BCUT2D eigenvalue weighted by atomic mass is 16.4. The molecule has 2 aromatic rings. The minimum absolute atomic E-state index is 0.159. The Kier molecular flexibility index (Phi) is 4.01. The molecule has 2 N–H and O–H groups in total. The molecule has 2 atom stereocenters. The molecule has 1 fully saturated rings. The van der Waals surface area contributed by atoms with Gasteiger partial charge in [0.25, 0.3) is 5.91 Å². The van der Waals surface area contributed by atoms with Gasteiger partial charge in [0.05, 0.1) is 5.56 Å². The van der Waals surface area contributed by atoms with Gasteiger partial charge in [0.1, 0.15) is 0 Å². The Bertz CT molecular complexity index is 819. The van der Waals surface area contributed by atoms with Gasteiger partial charge < -0.3 is 10.4 Å². The van der Waals surface area contributed by atoms with Gasteiger partial charge in [-0.15, -0.1) is 0 Å². The van der Waals surface area contributed by atoms with Gasteiger partial charge >= 0.3 is 5.97 Å². The van der Waals surface area contributed by atoms with E-state index in [1.165, 1.54) is 11.6 Å². The highest BCUT2D eigenvalue weighted by Crippen LogP contribution is 2.37. The number of carboxylic acids is 1. The summed E-state index contributed by atoms with van der Waals surface area (Å²) < 4.78 is 0. The lowest BCUT2D eigenvalue weighted by Crippen LogP contribution is -2.29. The van der Waals surface area contributed by atoms with Crippen molar-refractivity contribution in [2.24, 2.45) is 5.92 Å². The Hall–Kier alpha value is -2.66. The number of nitrogens with one attached hydrogen (secondary N) is 1. The summed E-state index contributed by atoms with van der Waals surface area (Å²) in [7, 11) is 0. The lowest BCUT2D eigenvalue weighted by Gasteiger charge is -2.17. The zero-order chi connectivity index (χ0) is 17.4. The molecule has 0 spiro atoms. The van der Waals surface area contributed by atoms with Crippen LogP contribution in [0.2, 0.25) is 0 Å². The van der Waals surface area contributed by atoms with Crippen LogP contribution in [0.5, 0.6) is 0 Å². The highest BCUT2D eigenvalue weighted by Gasteiger charge is 2.38. The number of carbonyl (C=O) groups is 2. The lowest BCUT2D eigenvalue weighted by molar-refractivity contribution is 0.0697. The van der Waals surface area contributed by atoms with Crippen molar-refractivity contribution in [3.05, 3.63) is 70.8 Å². The Morgan fingerprint density at radius 2 is 1.96 bits per heavy atom. The van der Waals surface area contributed by atoms with Crippen molar-refractivity contribution in [3.63, 3.8) is 0 Å². The molecule has 1 amide bonds. The summed E-state index contributed by atoms with van der Waals surface area (Å²) in [5.74, 6) is -0.569. The van der Waals surface area contributed by atoms with E-state index in [1.807, 2.05) is 24.3 Å². The van der Waals surface area contributed by atoms with E-state index in [-0.39, 0.29) is 17.4 Å². The number of nitrogens with zero attached hydrogens (tertiary/aromatic N) is 1.